The smallest absolute Gasteiger partial charge is 0.143 e. The first-order chi connectivity index (χ1) is 12.8. The van der Waals surface area contributed by atoms with E-state index < -0.39 is 0 Å². The number of aromatic amines is 1. The lowest BCUT2D eigenvalue weighted by Crippen LogP contribution is -2.50. The highest BCUT2D eigenvalue weighted by molar-refractivity contribution is 5.87. The highest BCUT2D eigenvalue weighted by atomic mass is 16.5. The molecule has 5 rings (SSSR count). The van der Waals surface area contributed by atoms with Crippen LogP contribution < -0.4 is 4.90 Å². The lowest BCUT2D eigenvalue weighted by molar-refractivity contribution is -0.0499. The van der Waals surface area contributed by atoms with Crippen LogP contribution in [-0.2, 0) is 11.3 Å². The Morgan fingerprint density at radius 3 is 2.92 bits per heavy atom. The predicted molar refractivity (Wildman–Crippen MR) is 101 cm³/mol. The van der Waals surface area contributed by atoms with E-state index in [1.54, 1.807) is 0 Å². The molecule has 0 spiro atoms. The number of anilines is 1. The molecular formula is C20H23N5O. The minimum atomic E-state index is 0.233. The summed E-state index contributed by atoms with van der Waals surface area (Å²) in [6.07, 6.45) is 2.17. The summed E-state index contributed by atoms with van der Waals surface area (Å²) in [5, 5.41) is 1.09. The van der Waals surface area contributed by atoms with Gasteiger partial charge in [-0.3, -0.25) is 4.90 Å². The summed E-state index contributed by atoms with van der Waals surface area (Å²) in [5.74, 6) is 1.82. The van der Waals surface area contributed by atoms with Gasteiger partial charge in [-0.1, -0.05) is 30.3 Å². The first kappa shape index (κ1) is 15.8. The molecule has 134 valence electrons. The van der Waals surface area contributed by atoms with Crippen LogP contribution in [0.25, 0.3) is 11.0 Å². The molecule has 0 aliphatic carbocycles. The lowest BCUT2D eigenvalue weighted by Gasteiger charge is -2.36. The van der Waals surface area contributed by atoms with Gasteiger partial charge in [0.25, 0.3) is 0 Å². The maximum absolute atomic E-state index is 6.11. The average Bonchev–Trinajstić information content (AvgIpc) is 3.29. The van der Waals surface area contributed by atoms with Crippen molar-refractivity contribution in [2.24, 2.45) is 0 Å². The van der Waals surface area contributed by atoms with Crippen molar-refractivity contribution in [3.05, 3.63) is 54.0 Å². The summed E-state index contributed by atoms with van der Waals surface area (Å²) in [6, 6.07) is 13.2. The number of nitrogens with one attached hydrogen (secondary N) is 1. The molecule has 0 saturated carbocycles. The van der Waals surface area contributed by atoms with E-state index in [4.69, 9.17) is 9.72 Å². The molecular weight excluding hydrogens is 326 g/mol. The molecule has 0 bridgehead atoms. The molecule has 1 aromatic carbocycles. The Morgan fingerprint density at radius 1 is 1.15 bits per heavy atom. The minimum absolute atomic E-state index is 0.233. The third-order valence-electron chi connectivity index (χ3n) is 5.45. The molecule has 2 fully saturated rings. The van der Waals surface area contributed by atoms with E-state index in [9.17, 15) is 0 Å². The molecule has 0 amide bonds. The number of hydrogen-bond acceptors (Lipinski definition) is 5. The van der Waals surface area contributed by atoms with E-state index in [1.165, 1.54) is 5.56 Å². The van der Waals surface area contributed by atoms with Crippen molar-refractivity contribution in [1.29, 1.82) is 0 Å². The van der Waals surface area contributed by atoms with E-state index >= 15 is 0 Å². The van der Waals surface area contributed by atoms with Gasteiger partial charge >= 0.3 is 0 Å². The van der Waals surface area contributed by atoms with Gasteiger partial charge in [-0.05, 0) is 18.6 Å². The Morgan fingerprint density at radius 2 is 2.04 bits per heavy atom. The van der Waals surface area contributed by atoms with Crippen LogP contribution in [0.4, 0.5) is 5.82 Å². The standard InChI is InChI=1S/C20H23N5O/c1-14-22-19-16(7-8-21-19)20(23-14)25-12-17-18(13-25)26-10-9-24(17)11-15-5-3-2-4-6-15/h2-8,17-18H,9-13H2,1H3,(H,21,22,23)/t17-,18+/m0/s1. The third kappa shape index (κ3) is 2.75. The topological polar surface area (TPSA) is 57.3 Å². The Labute approximate surface area is 152 Å². The van der Waals surface area contributed by atoms with Crippen molar-refractivity contribution < 1.29 is 4.74 Å². The van der Waals surface area contributed by atoms with Gasteiger partial charge in [0.05, 0.1) is 24.1 Å². The molecule has 1 N–H and O–H groups in total. The second-order valence-electron chi connectivity index (χ2n) is 7.17. The van der Waals surface area contributed by atoms with Gasteiger partial charge in [0.1, 0.15) is 17.3 Å². The van der Waals surface area contributed by atoms with Gasteiger partial charge in [0.15, 0.2) is 0 Å². The number of hydrogen-bond donors (Lipinski definition) is 1. The molecule has 0 radical (unpaired) electrons. The van der Waals surface area contributed by atoms with Gasteiger partial charge in [0.2, 0.25) is 0 Å². The van der Waals surface area contributed by atoms with E-state index in [0.717, 1.165) is 55.5 Å². The largest absolute Gasteiger partial charge is 0.373 e. The SMILES string of the molecule is Cc1nc(N2C[C@H]3OCCN(Cc4ccccc4)[C@H]3C2)c2cc[nH]c2n1. The Bertz CT molecular complexity index is 909. The minimum Gasteiger partial charge on any atom is -0.373 e. The summed E-state index contributed by atoms with van der Waals surface area (Å²) in [4.78, 5) is 17.4. The van der Waals surface area contributed by atoms with Crippen LogP contribution in [0.3, 0.4) is 0 Å². The van der Waals surface area contributed by atoms with Crippen molar-refractivity contribution in [2.45, 2.75) is 25.6 Å². The third-order valence-corrected chi connectivity index (χ3v) is 5.45. The van der Waals surface area contributed by atoms with Crippen molar-refractivity contribution >= 4 is 16.9 Å². The fourth-order valence-electron chi connectivity index (χ4n) is 4.22. The fraction of sp³-hybridized carbons (Fsp3) is 0.400. The van der Waals surface area contributed by atoms with Gasteiger partial charge in [-0.2, -0.15) is 0 Å². The van der Waals surface area contributed by atoms with E-state index in [1.807, 2.05) is 13.1 Å². The number of morpholine rings is 1. The zero-order valence-electron chi connectivity index (χ0n) is 14.9. The molecule has 2 atom stereocenters. The highest BCUT2D eigenvalue weighted by Crippen LogP contribution is 2.31. The van der Waals surface area contributed by atoms with Crippen LogP contribution in [0.15, 0.2) is 42.6 Å². The van der Waals surface area contributed by atoms with Crippen molar-refractivity contribution in [3.8, 4) is 0 Å². The second kappa shape index (κ2) is 6.37. The predicted octanol–water partition coefficient (Wildman–Crippen LogP) is 2.36. The molecule has 26 heavy (non-hydrogen) atoms. The van der Waals surface area contributed by atoms with Crippen LogP contribution in [0.5, 0.6) is 0 Å². The highest BCUT2D eigenvalue weighted by Gasteiger charge is 2.41. The summed E-state index contributed by atoms with van der Waals surface area (Å²) in [6.45, 7) is 6.52. The van der Waals surface area contributed by atoms with Gasteiger partial charge in [0, 0.05) is 32.4 Å². The average molecular weight is 349 g/mol. The number of ether oxygens (including phenoxy) is 1. The second-order valence-corrected chi connectivity index (χ2v) is 7.17. The van der Waals surface area contributed by atoms with Gasteiger partial charge < -0.3 is 14.6 Å². The molecule has 2 aliphatic heterocycles. The molecule has 4 heterocycles. The van der Waals surface area contributed by atoms with Crippen LogP contribution in [0, 0.1) is 6.92 Å². The van der Waals surface area contributed by atoms with Crippen LogP contribution in [0.1, 0.15) is 11.4 Å². The van der Waals surface area contributed by atoms with Crippen molar-refractivity contribution in [1.82, 2.24) is 19.9 Å². The summed E-state index contributed by atoms with van der Waals surface area (Å²) in [7, 11) is 0. The first-order valence-electron chi connectivity index (χ1n) is 9.24. The number of nitrogens with zero attached hydrogens (tertiary/aromatic N) is 4. The molecule has 0 unspecified atom stereocenters. The Hall–Kier alpha value is -2.44. The summed E-state index contributed by atoms with van der Waals surface area (Å²) >= 11 is 0. The molecule has 2 aliphatic rings. The number of rotatable bonds is 3. The maximum atomic E-state index is 6.11. The molecule has 3 aromatic rings. The number of benzene rings is 1. The van der Waals surface area contributed by atoms with Crippen LogP contribution >= 0.6 is 0 Å². The summed E-state index contributed by atoms with van der Waals surface area (Å²) < 4.78 is 6.11. The lowest BCUT2D eigenvalue weighted by atomic mass is 10.1. The normalized spacial score (nSPS) is 23.5. The van der Waals surface area contributed by atoms with Crippen LogP contribution in [-0.4, -0.2) is 58.2 Å². The number of H-pyrrole nitrogens is 1. The Kier molecular flexibility index (Phi) is 3.87. The molecule has 2 aromatic heterocycles. The summed E-state index contributed by atoms with van der Waals surface area (Å²) in [5.41, 5.74) is 2.27. The fourth-order valence-corrected chi connectivity index (χ4v) is 4.22. The van der Waals surface area contributed by atoms with E-state index in [-0.39, 0.29) is 6.10 Å². The number of aromatic nitrogens is 3. The Balaban J connectivity index is 1.41. The van der Waals surface area contributed by atoms with E-state index in [0.29, 0.717) is 6.04 Å². The molecule has 6 nitrogen and oxygen atoms in total. The molecule has 2 saturated heterocycles. The maximum Gasteiger partial charge on any atom is 0.143 e. The van der Waals surface area contributed by atoms with Crippen molar-refractivity contribution in [3.63, 3.8) is 0 Å². The van der Waals surface area contributed by atoms with Gasteiger partial charge in [-0.15, -0.1) is 0 Å². The quantitative estimate of drug-likeness (QED) is 0.787. The number of aryl methyl sites for hydroxylation is 1. The zero-order chi connectivity index (χ0) is 17.5. The van der Waals surface area contributed by atoms with Crippen molar-refractivity contribution in [2.75, 3.05) is 31.1 Å². The number of fused-ring (bicyclic) bond motifs is 2. The van der Waals surface area contributed by atoms with Gasteiger partial charge in [-0.25, -0.2) is 9.97 Å². The molecule has 6 heteroatoms. The van der Waals surface area contributed by atoms with Crippen LogP contribution in [0.2, 0.25) is 0 Å². The first-order valence-corrected chi connectivity index (χ1v) is 9.24. The zero-order valence-corrected chi connectivity index (χ0v) is 14.9. The monoisotopic (exact) mass is 349 g/mol. The van der Waals surface area contributed by atoms with E-state index in [2.05, 4.69) is 56.2 Å².